The molecule has 1 aliphatic heterocycles. The van der Waals surface area contributed by atoms with Gasteiger partial charge in [-0.3, -0.25) is 9.59 Å². The molecule has 1 aromatic carbocycles. The Morgan fingerprint density at radius 1 is 1.24 bits per heavy atom. The summed E-state index contributed by atoms with van der Waals surface area (Å²) in [5.74, 6) is -0.569. The SMILES string of the molecule is O=C(O)C1CCN(C(=O)CNCC2CC2)c2ccccc21. The topological polar surface area (TPSA) is 69.6 Å². The lowest BCUT2D eigenvalue weighted by molar-refractivity contribution is -0.139. The summed E-state index contributed by atoms with van der Waals surface area (Å²) in [6.07, 6.45) is 2.99. The molecule has 0 saturated heterocycles. The van der Waals surface area contributed by atoms with Crippen LogP contribution in [0.3, 0.4) is 0 Å². The van der Waals surface area contributed by atoms with E-state index in [1.54, 1.807) is 4.90 Å². The first-order chi connectivity index (χ1) is 10.2. The Morgan fingerprint density at radius 3 is 2.71 bits per heavy atom. The van der Waals surface area contributed by atoms with Gasteiger partial charge in [0.2, 0.25) is 5.91 Å². The Labute approximate surface area is 123 Å². The molecule has 0 aromatic heterocycles. The molecule has 0 radical (unpaired) electrons. The van der Waals surface area contributed by atoms with Crippen molar-refractivity contribution in [3.05, 3.63) is 29.8 Å². The first-order valence-corrected chi connectivity index (χ1v) is 7.49. The van der Waals surface area contributed by atoms with E-state index in [1.165, 1.54) is 12.8 Å². The second-order valence-corrected chi connectivity index (χ2v) is 5.86. The number of aliphatic carboxylic acids is 1. The van der Waals surface area contributed by atoms with Gasteiger partial charge in [0.1, 0.15) is 0 Å². The molecule has 1 aromatic rings. The first-order valence-electron chi connectivity index (χ1n) is 7.49. The average Bonchev–Trinajstić information content (AvgIpc) is 3.30. The van der Waals surface area contributed by atoms with E-state index >= 15 is 0 Å². The highest BCUT2D eigenvalue weighted by atomic mass is 16.4. The predicted molar refractivity (Wildman–Crippen MR) is 79.4 cm³/mol. The summed E-state index contributed by atoms with van der Waals surface area (Å²) in [6, 6.07) is 7.32. The number of anilines is 1. The van der Waals surface area contributed by atoms with Gasteiger partial charge in [0, 0.05) is 12.2 Å². The highest BCUT2D eigenvalue weighted by Crippen LogP contribution is 2.35. The van der Waals surface area contributed by atoms with Crippen molar-refractivity contribution in [3.63, 3.8) is 0 Å². The number of nitrogens with one attached hydrogen (secondary N) is 1. The zero-order valence-electron chi connectivity index (χ0n) is 11.9. The molecule has 3 rings (SSSR count). The normalized spacial score (nSPS) is 21.0. The molecule has 5 heteroatoms. The Balaban J connectivity index is 1.72. The number of carboxylic acid groups (broad SMARTS) is 1. The number of rotatable bonds is 5. The van der Waals surface area contributed by atoms with Gasteiger partial charge in [-0.25, -0.2) is 0 Å². The molecule has 1 fully saturated rings. The lowest BCUT2D eigenvalue weighted by Crippen LogP contribution is -2.43. The summed E-state index contributed by atoms with van der Waals surface area (Å²) in [7, 11) is 0. The quantitative estimate of drug-likeness (QED) is 0.863. The van der Waals surface area contributed by atoms with E-state index in [0.717, 1.165) is 23.7 Å². The number of benzene rings is 1. The van der Waals surface area contributed by atoms with E-state index in [2.05, 4.69) is 5.32 Å². The van der Waals surface area contributed by atoms with Gasteiger partial charge in [-0.2, -0.15) is 0 Å². The molecule has 1 atom stereocenters. The van der Waals surface area contributed by atoms with Gasteiger partial charge in [0.15, 0.2) is 0 Å². The maximum absolute atomic E-state index is 12.4. The van der Waals surface area contributed by atoms with Gasteiger partial charge in [0.05, 0.1) is 12.5 Å². The summed E-state index contributed by atoms with van der Waals surface area (Å²) < 4.78 is 0. The third-order valence-electron chi connectivity index (χ3n) is 4.25. The molecular weight excluding hydrogens is 268 g/mol. The molecule has 1 unspecified atom stereocenters. The van der Waals surface area contributed by atoms with Crippen LogP contribution in [0.15, 0.2) is 24.3 Å². The summed E-state index contributed by atoms with van der Waals surface area (Å²) in [6.45, 7) is 1.69. The largest absolute Gasteiger partial charge is 0.481 e. The molecule has 2 N–H and O–H groups in total. The molecule has 0 bridgehead atoms. The number of amides is 1. The van der Waals surface area contributed by atoms with Gasteiger partial charge in [-0.05, 0) is 43.4 Å². The second kappa shape index (κ2) is 5.85. The Bertz CT molecular complexity index is 554. The zero-order valence-corrected chi connectivity index (χ0v) is 11.9. The predicted octanol–water partition coefficient (Wildman–Crippen LogP) is 1.59. The summed E-state index contributed by atoms with van der Waals surface area (Å²) in [4.78, 5) is 25.4. The van der Waals surface area contributed by atoms with Crippen LogP contribution >= 0.6 is 0 Å². The second-order valence-electron chi connectivity index (χ2n) is 5.86. The van der Waals surface area contributed by atoms with Crippen LogP contribution in [-0.2, 0) is 9.59 Å². The van der Waals surface area contributed by atoms with E-state index in [9.17, 15) is 14.7 Å². The van der Waals surface area contributed by atoms with Gasteiger partial charge in [0.25, 0.3) is 0 Å². The van der Waals surface area contributed by atoms with Crippen molar-refractivity contribution in [3.8, 4) is 0 Å². The summed E-state index contributed by atoms with van der Waals surface area (Å²) >= 11 is 0. The monoisotopic (exact) mass is 288 g/mol. The smallest absolute Gasteiger partial charge is 0.311 e. The third kappa shape index (κ3) is 3.08. The van der Waals surface area contributed by atoms with Gasteiger partial charge in [-0.1, -0.05) is 18.2 Å². The van der Waals surface area contributed by atoms with Crippen molar-refractivity contribution in [1.82, 2.24) is 5.32 Å². The number of para-hydroxylation sites is 1. The lowest BCUT2D eigenvalue weighted by Gasteiger charge is -2.32. The number of nitrogens with zero attached hydrogens (tertiary/aromatic N) is 1. The maximum Gasteiger partial charge on any atom is 0.311 e. The minimum absolute atomic E-state index is 0.0203. The standard InChI is InChI=1S/C16H20N2O3/c19-15(10-17-9-11-5-6-11)18-8-7-13(16(20)21)12-3-1-2-4-14(12)18/h1-4,11,13,17H,5-10H2,(H,20,21). The third-order valence-corrected chi connectivity index (χ3v) is 4.25. The number of hydrogen-bond acceptors (Lipinski definition) is 3. The van der Waals surface area contributed by atoms with Gasteiger partial charge < -0.3 is 15.3 Å². The van der Waals surface area contributed by atoms with Crippen molar-refractivity contribution in [2.45, 2.75) is 25.2 Å². The van der Waals surface area contributed by atoms with Crippen molar-refractivity contribution < 1.29 is 14.7 Å². The van der Waals surface area contributed by atoms with Crippen LogP contribution in [0.5, 0.6) is 0 Å². The highest BCUT2D eigenvalue weighted by molar-refractivity contribution is 5.97. The average molecular weight is 288 g/mol. The minimum Gasteiger partial charge on any atom is -0.481 e. The minimum atomic E-state index is -0.818. The fourth-order valence-electron chi connectivity index (χ4n) is 2.88. The number of fused-ring (bicyclic) bond motifs is 1. The first kappa shape index (κ1) is 14.1. The molecule has 2 aliphatic rings. The molecule has 1 aliphatic carbocycles. The van der Waals surface area contributed by atoms with Crippen LogP contribution in [-0.4, -0.2) is 36.6 Å². The lowest BCUT2D eigenvalue weighted by atomic mass is 9.90. The van der Waals surface area contributed by atoms with Crippen molar-refractivity contribution >= 4 is 17.6 Å². The Hall–Kier alpha value is -1.88. The van der Waals surface area contributed by atoms with E-state index < -0.39 is 11.9 Å². The number of carboxylic acids is 1. The van der Waals surface area contributed by atoms with Crippen molar-refractivity contribution in [2.24, 2.45) is 5.92 Å². The molecule has 1 amide bonds. The number of carbonyl (C=O) groups is 2. The number of carbonyl (C=O) groups excluding carboxylic acids is 1. The van der Waals surface area contributed by atoms with E-state index in [4.69, 9.17) is 0 Å². The fraction of sp³-hybridized carbons (Fsp3) is 0.500. The van der Waals surface area contributed by atoms with E-state index in [0.29, 0.717) is 19.5 Å². The Morgan fingerprint density at radius 2 is 2.00 bits per heavy atom. The maximum atomic E-state index is 12.4. The van der Waals surface area contributed by atoms with Crippen LogP contribution in [0.2, 0.25) is 0 Å². The van der Waals surface area contributed by atoms with Crippen LogP contribution < -0.4 is 10.2 Å². The molecular formula is C16H20N2O3. The molecule has 112 valence electrons. The molecule has 0 spiro atoms. The molecule has 21 heavy (non-hydrogen) atoms. The van der Waals surface area contributed by atoms with Crippen LogP contribution in [0.4, 0.5) is 5.69 Å². The van der Waals surface area contributed by atoms with Crippen LogP contribution in [0.25, 0.3) is 0 Å². The van der Waals surface area contributed by atoms with Crippen LogP contribution in [0.1, 0.15) is 30.7 Å². The number of hydrogen-bond donors (Lipinski definition) is 2. The van der Waals surface area contributed by atoms with Gasteiger partial charge >= 0.3 is 5.97 Å². The fourth-order valence-corrected chi connectivity index (χ4v) is 2.88. The van der Waals surface area contributed by atoms with Crippen LogP contribution in [0, 0.1) is 5.92 Å². The van der Waals surface area contributed by atoms with E-state index in [1.807, 2.05) is 24.3 Å². The van der Waals surface area contributed by atoms with Gasteiger partial charge in [-0.15, -0.1) is 0 Å². The molecule has 1 heterocycles. The summed E-state index contributed by atoms with van der Waals surface area (Å²) in [5, 5.41) is 12.5. The summed E-state index contributed by atoms with van der Waals surface area (Å²) in [5.41, 5.74) is 1.49. The Kier molecular flexibility index (Phi) is 3.92. The van der Waals surface area contributed by atoms with Crippen molar-refractivity contribution in [2.75, 3.05) is 24.5 Å². The zero-order chi connectivity index (χ0) is 14.8. The van der Waals surface area contributed by atoms with E-state index in [-0.39, 0.29) is 5.91 Å². The highest BCUT2D eigenvalue weighted by Gasteiger charge is 2.32. The van der Waals surface area contributed by atoms with Crippen molar-refractivity contribution in [1.29, 1.82) is 0 Å². The molecule has 5 nitrogen and oxygen atoms in total. The molecule has 1 saturated carbocycles.